The number of hydrogen-bond donors (Lipinski definition) is 0. The van der Waals surface area contributed by atoms with E-state index in [0.717, 1.165) is 6.42 Å². The predicted octanol–water partition coefficient (Wildman–Crippen LogP) is 1.98. The molecule has 2 nitrogen and oxygen atoms in total. The average Bonchev–Trinajstić information content (AvgIpc) is 2.15. The highest BCUT2D eigenvalue weighted by molar-refractivity contribution is 6.66. The summed E-state index contributed by atoms with van der Waals surface area (Å²) < 4.78 is 0. The summed E-state index contributed by atoms with van der Waals surface area (Å²) in [6.45, 7) is 4.08. The molecule has 3 heteroatoms. The Morgan fingerprint density at radius 1 is 1.78 bits per heavy atom. The molecule has 0 aromatic carbocycles. The first-order chi connectivity index (χ1) is 4.25. The van der Waals surface area contributed by atoms with Crippen molar-refractivity contribution in [2.24, 2.45) is 11.1 Å². The fourth-order valence-electron chi connectivity index (χ4n) is 0.874. The molecular weight excluding hydrogens is 138 g/mol. The summed E-state index contributed by atoms with van der Waals surface area (Å²) >= 11 is 5.66. The van der Waals surface area contributed by atoms with E-state index in [9.17, 15) is 0 Å². The van der Waals surface area contributed by atoms with Crippen molar-refractivity contribution in [1.82, 2.24) is 0 Å². The van der Waals surface area contributed by atoms with Crippen LogP contribution in [0.3, 0.4) is 0 Å². The van der Waals surface area contributed by atoms with Gasteiger partial charge in [-0.05, 0) is 6.42 Å². The Morgan fingerprint density at radius 3 is 2.67 bits per heavy atom. The van der Waals surface area contributed by atoms with Crippen LogP contribution in [0.5, 0.6) is 0 Å². The molecule has 2 unspecified atom stereocenters. The second-order valence-electron chi connectivity index (χ2n) is 2.25. The van der Waals surface area contributed by atoms with Crippen LogP contribution in [-0.2, 0) is 4.84 Å². The minimum atomic E-state index is 0.206. The van der Waals surface area contributed by atoms with Gasteiger partial charge in [0.2, 0.25) is 0 Å². The highest BCUT2D eigenvalue weighted by atomic mass is 35.5. The van der Waals surface area contributed by atoms with E-state index in [1.165, 1.54) is 0 Å². The van der Waals surface area contributed by atoms with Gasteiger partial charge in [0.1, 0.15) is 6.10 Å². The third kappa shape index (κ3) is 1.18. The van der Waals surface area contributed by atoms with Gasteiger partial charge in [0.05, 0.1) is 5.92 Å². The molecule has 9 heavy (non-hydrogen) atoms. The summed E-state index contributed by atoms with van der Waals surface area (Å²) in [5.41, 5.74) is 0. The van der Waals surface area contributed by atoms with Crippen LogP contribution in [0, 0.1) is 5.92 Å². The molecule has 0 bridgehead atoms. The average molecular weight is 148 g/mol. The van der Waals surface area contributed by atoms with Gasteiger partial charge < -0.3 is 4.84 Å². The molecule has 0 saturated heterocycles. The number of rotatable bonds is 1. The van der Waals surface area contributed by atoms with Crippen molar-refractivity contribution in [2.75, 3.05) is 0 Å². The van der Waals surface area contributed by atoms with Gasteiger partial charge in [-0.3, -0.25) is 0 Å². The summed E-state index contributed by atoms with van der Waals surface area (Å²) in [7, 11) is 0. The first-order valence-corrected chi connectivity index (χ1v) is 3.52. The van der Waals surface area contributed by atoms with Gasteiger partial charge in [-0.15, -0.1) is 0 Å². The Morgan fingerprint density at radius 2 is 2.44 bits per heavy atom. The summed E-state index contributed by atoms with van der Waals surface area (Å²) in [5, 5.41) is 4.25. The van der Waals surface area contributed by atoms with Crippen LogP contribution in [0.2, 0.25) is 0 Å². The zero-order valence-corrected chi connectivity index (χ0v) is 6.35. The Hall–Kier alpha value is -0.240. The molecule has 1 rings (SSSR count). The van der Waals surface area contributed by atoms with Gasteiger partial charge in [-0.1, -0.05) is 30.6 Å². The summed E-state index contributed by atoms with van der Waals surface area (Å²) in [6, 6.07) is 0. The fourth-order valence-corrected chi connectivity index (χ4v) is 1.05. The van der Waals surface area contributed by atoms with E-state index in [4.69, 9.17) is 16.4 Å². The van der Waals surface area contributed by atoms with Crippen LogP contribution in [0.15, 0.2) is 5.16 Å². The van der Waals surface area contributed by atoms with Crippen LogP contribution in [0.1, 0.15) is 20.3 Å². The third-order valence-electron chi connectivity index (χ3n) is 1.61. The quantitative estimate of drug-likeness (QED) is 0.556. The Labute approximate surface area is 59.8 Å². The molecule has 1 aliphatic rings. The van der Waals surface area contributed by atoms with E-state index in [2.05, 4.69) is 12.1 Å². The van der Waals surface area contributed by atoms with Gasteiger partial charge >= 0.3 is 0 Å². The molecule has 0 aromatic heterocycles. The monoisotopic (exact) mass is 147 g/mol. The first-order valence-electron chi connectivity index (χ1n) is 3.15. The minimum Gasteiger partial charge on any atom is -0.391 e. The van der Waals surface area contributed by atoms with Gasteiger partial charge in [-0.25, -0.2) is 0 Å². The van der Waals surface area contributed by atoms with Crippen molar-refractivity contribution in [3.05, 3.63) is 0 Å². The Balaban J connectivity index is 2.51. The molecule has 1 heterocycles. The van der Waals surface area contributed by atoms with Crippen molar-refractivity contribution in [2.45, 2.75) is 26.4 Å². The lowest BCUT2D eigenvalue weighted by molar-refractivity contribution is 0.0630. The van der Waals surface area contributed by atoms with Crippen molar-refractivity contribution in [1.29, 1.82) is 0 Å². The maximum atomic E-state index is 5.66. The largest absolute Gasteiger partial charge is 0.391 e. The highest BCUT2D eigenvalue weighted by Gasteiger charge is 2.26. The first kappa shape index (κ1) is 6.87. The lowest BCUT2D eigenvalue weighted by Gasteiger charge is -2.08. The van der Waals surface area contributed by atoms with E-state index in [1.807, 2.05) is 6.92 Å². The van der Waals surface area contributed by atoms with E-state index in [-0.39, 0.29) is 12.0 Å². The van der Waals surface area contributed by atoms with Crippen molar-refractivity contribution in [3.63, 3.8) is 0 Å². The van der Waals surface area contributed by atoms with E-state index in [1.54, 1.807) is 0 Å². The Kier molecular flexibility index (Phi) is 1.96. The molecule has 52 valence electrons. The molecule has 0 aliphatic carbocycles. The van der Waals surface area contributed by atoms with Crippen LogP contribution < -0.4 is 0 Å². The van der Waals surface area contributed by atoms with Gasteiger partial charge in [-0.2, -0.15) is 0 Å². The minimum absolute atomic E-state index is 0.206. The van der Waals surface area contributed by atoms with E-state index >= 15 is 0 Å². The zero-order valence-electron chi connectivity index (χ0n) is 5.60. The predicted molar refractivity (Wildman–Crippen MR) is 37.6 cm³/mol. The van der Waals surface area contributed by atoms with Gasteiger partial charge in [0.25, 0.3) is 0 Å². The molecule has 0 radical (unpaired) electrons. The van der Waals surface area contributed by atoms with Crippen LogP contribution in [0.4, 0.5) is 0 Å². The zero-order chi connectivity index (χ0) is 6.85. The SMILES string of the molecule is CCC1ON=C(Cl)C1C. The molecule has 0 amide bonds. The number of oxime groups is 1. The van der Waals surface area contributed by atoms with Gasteiger partial charge in [0.15, 0.2) is 5.17 Å². The third-order valence-corrected chi connectivity index (χ3v) is 2.02. The maximum absolute atomic E-state index is 5.66. The summed E-state index contributed by atoms with van der Waals surface area (Å²) in [5.74, 6) is 0.289. The lowest BCUT2D eigenvalue weighted by Crippen LogP contribution is -2.16. The number of hydrogen-bond acceptors (Lipinski definition) is 2. The van der Waals surface area contributed by atoms with Crippen LogP contribution >= 0.6 is 11.6 Å². The number of nitrogens with zero attached hydrogens (tertiary/aromatic N) is 1. The summed E-state index contributed by atoms with van der Waals surface area (Å²) in [6.07, 6.45) is 1.18. The second-order valence-corrected chi connectivity index (χ2v) is 2.64. The van der Waals surface area contributed by atoms with Crippen LogP contribution in [0.25, 0.3) is 0 Å². The smallest absolute Gasteiger partial charge is 0.152 e. The molecule has 2 atom stereocenters. The molecule has 0 aromatic rings. The normalized spacial score (nSPS) is 33.9. The van der Waals surface area contributed by atoms with Gasteiger partial charge in [0, 0.05) is 0 Å². The van der Waals surface area contributed by atoms with Crippen LogP contribution in [-0.4, -0.2) is 11.3 Å². The fraction of sp³-hybridized carbons (Fsp3) is 0.833. The van der Waals surface area contributed by atoms with Crippen molar-refractivity contribution < 1.29 is 4.84 Å². The maximum Gasteiger partial charge on any atom is 0.152 e. The molecular formula is C6H10ClNO. The molecule has 1 aliphatic heterocycles. The molecule has 0 saturated carbocycles. The highest BCUT2D eigenvalue weighted by Crippen LogP contribution is 2.21. The summed E-state index contributed by atoms with van der Waals surface area (Å²) in [4.78, 5) is 4.98. The molecule has 0 N–H and O–H groups in total. The van der Waals surface area contributed by atoms with Crippen molar-refractivity contribution in [3.8, 4) is 0 Å². The number of halogens is 1. The van der Waals surface area contributed by atoms with Crippen molar-refractivity contribution >= 4 is 16.8 Å². The lowest BCUT2D eigenvalue weighted by atomic mass is 10.1. The second kappa shape index (κ2) is 2.56. The standard InChI is InChI=1S/C6H10ClNO/c1-3-5-4(2)6(7)8-9-5/h4-5H,3H2,1-2H3. The molecule has 0 fully saturated rings. The van der Waals surface area contributed by atoms with E-state index in [0.29, 0.717) is 5.17 Å². The Bertz CT molecular complexity index is 135. The molecule has 0 spiro atoms. The van der Waals surface area contributed by atoms with E-state index < -0.39 is 0 Å². The topological polar surface area (TPSA) is 21.6 Å².